The highest BCUT2D eigenvalue weighted by atomic mass is 35.5. The number of aromatic nitrogens is 3. The van der Waals surface area contributed by atoms with Gasteiger partial charge in [-0.15, -0.1) is 0 Å². The molecule has 0 radical (unpaired) electrons. The predicted octanol–water partition coefficient (Wildman–Crippen LogP) is 3.12. The lowest BCUT2D eigenvalue weighted by molar-refractivity contribution is 0.1000. The van der Waals surface area contributed by atoms with Crippen LogP contribution in [0.2, 0.25) is 10.0 Å². The van der Waals surface area contributed by atoms with E-state index in [2.05, 4.69) is 15.3 Å². The number of para-hydroxylation sites is 1. The largest absolute Gasteiger partial charge is 0.366 e. The summed E-state index contributed by atoms with van der Waals surface area (Å²) in [6.07, 6.45) is 1.42. The number of imidazole rings is 1. The second-order valence-corrected chi connectivity index (χ2v) is 5.46. The van der Waals surface area contributed by atoms with Crippen molar-refractivity contribution in [1.29, 1.82) is 0 Å². The molecule has 0 aliphatic rings. The standard InChI is InChI=1S/C14H11Cl2N5O/c1-21-13-10(5-7(6-18-13)12(17)22)19-14(21)20-11-8(15)3-2-4-9(11)16/h2-6H,1H3,(H2,17,22)(H,19,20). The molecule has 1 aromatic carbocycles. The number of benzene rings is 1. The molecule has 3 N–H and O–H groups in total. The Morgan fingerprint density at radius 3 is 2.64 bits per heavy atom. The molecule has 6 nitrogen and oxygen atoms in total. The molecule has 8 heteroatoms. The Morgan fingerprint density at radius 2 is 2.00 bits per heavy atom. The van der Waals surface area contributed by atoms with Crippen molar-refractivity contribution in [3.63, 3.8) is 0 Å². The van der Waals surface area contributed by atoms with Crippen molar-refractivity contribution in [2.24, 2.45) is 12.8 Å². The molecule has 0 unspecified atom stereocenters. The maximum atomic E-state index is 11.2. The minimum Gasteiger partial charge on any atom is -0.366 e. The third kappa shape index (κ3) is 2.47. The Balaban J connectivity index is 2.08. The first-order valence-corrected chi connectivity index (χ1v) is 7.06. The van der Waals surface area contributed by atoms with Gasteiger partial charge in [0.05, 0.1) is 21.3 Å². The fraction of sp³-hybridized carbons (Fsp3) is 0.0714. The van der Waals surface area contributed by atoms with Crippen LogP contribution < -0.4 is 11.1 Å². The average molecular weight is 336 g/mol. The van der Waals surface area contributed by atoms with Crippen molar-refractivity contribution < 1.29 is 4.79 Å². The third-order valence-corrected chi connectivity index (χ3v) is 3.82. The van der Waals surface area contributed by atoms with Crippen molar-refractivity contribution in [3.05, 3.63) is 46.1 Å². The Labute approximate surface area is 135 Å². The number of halogens is 2. The predicted molar refractivity (Wildman–Crippen MR) is 86.8 cm³/mol. The zero-order valence-corrected chi connectivity index (χ0v) is 13.0. The van der Waals surface area contributed by atoms with Crippen LogP contribution in [0, 0.1) is 0 Å². The summed E-state index contributed by atoms with van der Waals surface area (Å²) in [5.41, 5.74) is 7.26. The van der Waals surface area contributed by atoms with E-state index in [-0.39, 0.29) is 0 Å². The Bertz CT molecular complexity index is 870. The van der Waals surface area contributed by atoms with Gasteiger partial charge in [0, 0.05) is 13.2 Å². The molecule has 3 aromatic rings. The molecule has 0 aliphatic heterocycles. The molecular weight excluding hydrogens is 325 g/mol. The van der Waals surface area contributed by atoms with Crippen LogP contribution in [0.5, 0.6) is 0 Å². The van der Waals surface area contributed by atoms with E-state index < -0.39 is 5.91 Å². The van der Waals surface area contributed by atoms with Crippen LogP contribution in [-0.4, -0.2) is 20.4 Å². The molecule has 0 aliphatic carbocycles. The lowest BCUT2D eigenvalue weighted by atomic mass is 10.2. The van der Waals surface area contributed by atoms with Gasteiger partial charge in [-0.05, 0) is 18.2 Å². The number of amides is 1. The highest BCUT2D eigenvalue weighted by molar-refractivity contribution is 6.39. The maximum Gasteiger partial charge on any atom is 0.250 e. The lowest BCUT2D eigenvalue weighted by Crippen LogP contribution is -2.11. The number of primary amides is 1. The van der Waals surface area contributed by atoms with Gasteiger partial charge < -0.3 is 11.1 Å². The Kier molecular flexibility index (Phi) is 3.64. The molecule has 2 aromatic heterocycles. The molecule has 0 saturated carbocycles. The van der Waals surface area contributed by atoms with Crippen molar-refractivity contribution in [2.75, 3.05) is 5.32 Å². The fourth-order valence-corrected chi connectivity index (χ4v) is 2.54. The second kappa shape index (κ2) is 5.47. The quantitative estimate of drug-likeness (QED) is 0.769. The molecule has 3 rings (SSSR count). The number of aryl methyl sites for hydroxylation is 1. The summed E-state index contributed by atoms with van der Waals surface area (Å²) in [6, 6.07) is 6.79. The molecule has 0 bridgehead atoms. The summed E-state index contributed by atoms with van der Waals surface area (Å²) in [4.78, 5) is 19.8. The first-order chi connectivity index (χ1) is 10.5. The number of hydrogen-bond acceptors (Lipinski definition) is 4. The van der Waals surface area contributed by atoms with E-state index >= 15 is 0 Å². The first kappa shape index (κ1) is 14.6. The minimum atomic E-state index is -0.552. The number of nitrogens with one attached hydrogen (secondary N) is 1. The summed E-state index contributed by atoms with van der Waals surface area (Å²) in [5.74, 6) is -0.0529. The highest BCUT2D eigenvalue weighted by Crippen LogP contribution is 2.32. The smallest absolute Gasteiger partial charge is 0.250 e. The molecule has 0 saturated heterocycles. The van der Waals surface area contributed by atoms with Crippen LogP contribution >= 0.6 is 23.2 Å². The molecule has 1 amide bonds. The summed E-state index contributed by atoms with van der Waals surface area (Å²) in [6.45, 7) is 0. The minimum absolute atomic E-state index is 0.299. The van der Waals surface area contributed by atoms with Crippen LogP contribution in [0.3, 0.4) is 0 Å². The van der Waals surface area contributed by atoms with E-state index in [1.54, 1.807) is 35.9 Å². The number of nitrogens with two attached hydrogens (primary N) is 1. The summed E-state index contributed by atoms with van der Waals surface area (Å²) in [5, 5.41) is 4.03. The fourth-order valence-electron chi connectivity index (χ4n) is 2.05. The van der Waals surface area contributed by atoms with E-state index in [4.69, 9.17) is 28.9 Å². The van der Waals surface area contributed by atoms with Gasteiger partial charge in [0.15, 0.2) is 5.65 Å². The van der Waals surface area contributed by atoms with E-state index in [1.807, 2.05) is 0 Å². The van der Waals surface area contributed by atoms with Gasteiger partial charge in [-0.2, -0.15) is 0 Å². The van der Waals surface area contributed by atoms with Crippen LogP contribution in [-0.2, 0) is 7.05 Å². The van der Waals surface area contributed by atoms with Gasteiger partial charge in [-0.25, -0.2) is 9.97 Å². The normalized spacial score (nSPS) is 10.9. The van der Waals surface area contributed by atoms with Crippen LogP contribution in [0.1, 0.15) is 10.4 Å². The van der Waals surface area contributed by atoms with Crippen molar-refractivity contribution in [3.8, 4) is 0 Å². The van der Waals surface area contributed by atoms with Gasteiger partial charge in [-0.3, -0.25) is 9.36 Å². The van der Waals surface area contributed by atoms with Crippen LogP contribution in [0.4, 0.5) is 11.6 Å². The first-order valence-electron chi connectivity index (χ1n) is 6.30. The zero-order valence-electron chi connectivity index (χ0n) is 11.5. The highest BCUT2D eigenvalue weighted by Gasteiger charge is 2.14. The van der Waals surface area contributed by atoms with E-state index in [9.17, 15) is 4.79 Å². The number of nitrogens with zero attached hydrogens (tertiary/aromatic N) is 3. The lowest BCUT2D eigenvalue weighted by Gasteiger charge is -2.09. The Morgan fingerprint density at radius 1 is 1.32 bits per heavy atom. The number of carbonyl (C=O) groups excluding carboxylic acids is 1. The number of anilines is 2. The van der Waals surface area contributed by atoms with Crippen molar-refractivity contribution >= 4 is 51.9 Å². The molecular formula is C14H11Cl2N5O. The topological polar surface area (TPSA) is 85.8 Å². The Hall–Kier alpha value is -2.31. The van der Waals surface area contributed by atoms with Gasteiger partial charge in [0.2, 0.25) is 11.9 Å². The third-order valence-electron chi connectivity index (χ3n) is 3.19. The molecule has 0 fully saturated rings. The van der Waals surface area contributed by atoms with Crippen molar-refractivity contribution in [2.45, 2.75) is 0 Å². The number of pyridine rings is 1. The number of fused-ring (bicyclic) bond motifs is 1. The van der Waals surface area contributed by atoms with Gasteiger partial charge in [0.25, 0.3) is 0 Å². The van der Waals surface area contributed by atoms with Crippen LogP contribution in [0.15, 0.2) is 30.5 Å². The van der Waals surface area contributed by atoms with Crippen molar-refractivity contribution in [1.82, 2.24) is 14.5 Å². The molecule has 0 spiro atoms. The number of carbonyl (C=O) groups is 1. The zero-order chi connectivity index (χ0) is 15.9. The number of rotatable bonds is 3. The SMILES string of the molecule is Cn1c(Nc2c(Cl)cccc2Cl)nc2cc(C(N)=O)cnc21. The van der Waals surface area contributed by atoms with Gasteiger partial charge in [0.1, 0.15) is 5.52 Å². The average Bonchev–Trinajstić information content (AvgIpc) is 2.79. The molecule has 2 heterocycles. The van der Waals surface area contributed by atoms with Crippen LogP contribution in [0.25, 0.3) is 11.2 Å². The number of hydrogen-bond donors (Lipinski definition) is 2. The second-order valence-electron chi connectivity index (χ2n) is 4.65. The summed E-state index contributed by atoms with van der Waals surface area (Å²) in [7, 11) is 1.79. The van der Waals surface area contributed by atoms with E-state index in [0.717, 1.165) is 0 Å². The van der Waals surface area contributed by atoms with E-state index in [0.29, 0.717) is 38.4 Å². The van der Waals surface area contributed by atoms with E-state index in [1.165, 1.54) is 6.20 Å². The molecule has 112 valence electrons. The molecule has 0 atom stereocenters. The molecule has 22 heavy (non-hydrogen) atoms. The van der Waals surface area contributed by atoms with Gasteiger partial charge >= 0.3 is 0 Å². The maximum absolute atomic E-state index is 11.2. The summed E-state index contributed by atoms with van der Waals surface area (Å²) >= 11 is 12.3. The monoisotopic (exact) mass is 335 g/mol. The summed E-state index contributed by atoms with van der Waals surface area (Å²) < 4.78 is 1.74. The van der Waals surface area contributed by atoms with Gasteiger partial charge in [-0.1, -0.05) is 29.3 Å².